The summed E-state index contributed by atoms with van der Waals surface area (Å²) in [5.41, 5.74) is 1.98. The highest BCUT2D eigenvalue weighted by Crippen LogP contribution is 2.18. The summed E-state index contributed by atoms with van der Waals surface area (Å²) < 4.78 is 6.55. The third-order valence-electron chi connectivity index (χ3n) is 4.47. The number of hydrogen-bond donors (Lipinski definition) is 3. The number of anilines is 3. The van der Waals surface area contributed by atoms with Crippen molar-refractivity contribution in [1.82, 2.24) is 20.2 Å². The molecule has 2 aromatic heterocycles. The van der Waals surface area contributed by atoms with Gasteiger partial charge in [0.1, 0.15) is 0 Å². The minimum Gasteiger partial charge on any atom is -0.459 e. The molecule has 0 aliphatic carbocycles. The average Bonchev–Trinajstić information content (AvgIpc) is 3.50. The van der Waals surface area contributed by atoms with Crippen LogP contribution in [0.3, 0.4) is 0 Å². The number of nitrogens with one attached hydrogen (secondary N) is 3. The van der Waals surface area contributed by atoms with Crippen molar-refractivity contribution in [3.05, 3.63) is 78.3 Å². The summed E-state index contributed by atoms with van der Waals surface area (Å²) >= 11 is 1.21. The van der Waals surface area contributed by atoms with Gasteiger partial charge in [0.15, 0.2) is 5.76 Å². The summed E-state index contributed by atoms with van der Waals surface area (Å²) in [6.07, 6.45) is 1.42. The molecule has 0 aliphatic heterocycles. The maximum absolute atomic E-state index is 12.6. The normalized spacial score (nSPS) is 10.5. The molecule has 0 aliphatic rings. The molecule has 34 heavy (non-hydrogen) atoms. The summed E-state index contributed by atoms with van der Waals surface area (Å²) in [4.78, 5) is 36.9. The van der Waals surface area contributed by atoms with Gasteiger partial charge in [0.25, 0.3) is 11.8 Å². The van der Waals surface area contributed by atoms with Gasteiger partial charge in [0.05, 0.1) is 12.0 Å². The van der Waals surface area contributed by atoms with Crippen molar-refractivity contribution in [3.8, 4) is 0 Å². The fourth-order valence-electron chi connectivity index (χ4n) is 2.85. The molecule has 0 atom stereocenters. The first-order valence-corrected chi connectivity index (χ1v) is 11.0. The van der Waals surface area contributed by atoms with Crippen molar-refractivity contribution >= 4 is 46.5 Å². The number of amides is 3. The molecule has 0 fully saturated rings. The van der Waals surface area contributed by atoms with Crippen LogP contribution in [0.15, 0.2) is 76.5 Å². The number of benzene rings is 2. The van der Waals surface area contributed by atoms with Gasteiger partial charge in [0, 0.05) is 29.7 Å². The van der Waals surface area contributed by atoms with Crippen molar-refractivity contribution in [2.75, 3.05) is 21.7 Å². The van der Waals surface area contributed by atoms with Crippen molar-refractivity contribution in [2.24, 2.45) is 7.05 Å². The quantitative estimate of drug-likeness (QED) is 0.329. The zero-order chi connectivity index (χ0) is 23.9. The van der Waals surface area contributed by atoms with Crippen LogP contribution in [0.2, 0.25) is 0 Å². The standard InChI is InChI=1S/C22H19N7O4S/c1-29-22(26-27-28-29)34-13-19(30)23-15-9-7-14(8-10-15)20(31)24-16-4-2-5-17(12-16)25-21(32)18-6-3-11-33-18/h2-12H,13H2,1H3,(H,23,30)(H,24,31)(H,25,32). The maximum Gasteiger partial charge on any atom is 0.291 e. The van der Waals surface area contributed by atoms with Crippen molar-refractivity contribution in [2.45, 2.75) is 5.16 Å². The smallest absolute Gasteiger partial charge is 0.291 e. The van der Waals surface area contributed by atoms with E-state index in [2.05, 4.69) is 31.5 Å². The number of rotatable bonds is 8. The Morgan fingerprint density at radius 3 is 2.29 bits per heavy atom. The Morgan fingerprint density at radius 1 is 0.912 bits per heavy atom. The molecule has 3 N–H and O–H groups in total. The summed E-state index contributed by atoms with van der Waals surface area (Å²) in [7, 11) is 1.69. The summed E-state index contributed by atoms with van der Waals surface area (Å²) in [5.74, 6) is -0.622. The van der Waals surface area contributed by atoms with E-state index in [1.807, 2.05) is 0 Å². The van der Waals surface area contributed by atoms with E-state index in [-0.39, 0.29) is 23.3 Å². The number of thioether (sulfide) groups is 1. The number of tetrazole rings is 1. The zero-order valence-electron chi connectivity index (χ0n) is 17.9. The maximum atomic E-state index is 12.6. The fraction of sp³-hybridized carbons (Fsp3) is 0.0909. The lowest BCUT2D eigenvalue weighted by molar-refractivity contribution is -0.113. The lowest BCUT2D eigenvalue weighted by Crippen LogP contribution is -2.15. The molecule has 2 heterocycles. The van der Waals surface area contributed by atoms with E-state index >= 15 is 0 Å². The number of hydrogen-bond acceptors (Lipinski definition) is 8. The monoisotopic (exact) mass is 477 g/mol. The van der Waals surface area contributed by atoms with Crippen molar-refractivity contribution in [1.29, 1.82) is 0 Å². The molecular weight excluding hydrogens is 458 g/mol. The summed E-state index contributed by atoms with van der Waals surface area (Å²) in [5, 5.41) is 19.8. The molecule has 0 radical (unpaired) electrons. The highest BCUT2D eigenvalue weighted by molar-refractivity contribution is 7.99. The van der Waals surface area contributed by atoms with Crippen LogP contribution in [0, 0.1) is 0 Å². The molecular formula is C22H19N7O4S. The van der Waals surface area contributed by atoms with Gasteiger partial charge in [-0.15, -0.1) is 5.10 Å². The Labute approximate surface area is 197 Å². The second-order valence-corrected chi connectivity index (χ2v) is 7.91. The van der Waals surface area contributed by atoms with Gasteiger partial charge in [-0.05, 0) is 65.0 Å². The van der Waals surface area contributed by atoms with E-state index in [0.29, 0.717) is 27.8 Å². The molecule has 4 aromatic rings. The molecule has 2 aromatic carbocycles. The van der Waals surface area contributed by atoms with Crippen LogP contribution in [0.1, 0.15) is 20.9 Å². The molecule has 0 unspecified atom stereocenters. The summed E-state index contributed by atoms with van der Waals surface area (Å²) in [6.45, 7) is 0. The molecule has 3 amide bonds. The largest absolute Gasteiger partial charge is 0.459 e. The van der Waals surface area contributed by atoms with Gasteiger partial charge in [-0.25, -0.2) is 4.68 Å². The molecule has 0 saturated carbocycles. The molecule has 0 saturated heterocycles. The van der Waals surface area contributed by atoms with E-state index in [9.17, 15) is 14.4 Å². The Bertz CT molecular complexity index is 1300. The second-order valence-electron chi connectivity index (χ2n) is 6.97. The molecule has 0 spiro atoms. The minimum absolute atomic E-state index is 0.142. The van der Waals surface area contributed by atoms with Crippen LogP contribution >= 0.6 is 11.8 Å². The number of aromatic nitrogens is 4. The third kappa shape index (κ3) is 5.86. The van der Waals surface area contributed by atoms with Crippen LogP contribution in [0.5, 0.6) is 0 Å². The van der Waals surface area contributed by atoms with E-state index in [1.165, 1.54) is 22.7 Å². The third-order valence-corrected chi connectivity index (χ3v) is 5.48. The number of nitrogens with zero attached hydrogens (tertiary/aromatic N) is 4. The lowest BCUT2D eigenvalue weighted by Gasteiger charge is -2.09. The lowest BCUT2D eigenvalue weighted by atomic mass is 10.2. The first kappa shape index (κ1) is 22.7. The number of furan rings is 1. The average molecular weight is 478 g/mol. The van der Waals surface area contributed by atoms with Crippen molar-refractivity contribution < 1.29 is 18.8 Å². The van der Waals surface area contributed by atoms with Crippen molar-refractivity contribution in [3.63, 3.8) is 0 Å². The predicted octanol–water partition coefficient (Wildman–Crippen LogP) is 3.04. The van der Waals surface area contributed by atoms with Crippen LogP contribution in [-0.2, 0) is 11.8 Å². The molecule has 0 bridgehead atoms. The molecule has 11 nitrogen and oxygen atoms in total. The van der Waals surface area contributed by atoms with Gasteiger partial charge in [-0.2, -0.15) is 0 Å². The zero-order valence-corrected chi connectivity index (χ0v) is 18.7. The van der Waals surface area contributed by atoms with E-state index in [1.54, 1.807) is 67.7 Å². The van der Waals surface area contributed by atoms with Crippen LogP contribution in [-0.4, -0.2) is 43.7 Å². The van der Waals surface area contributed by atoms with Crippen LogP contribution in [0.25, 0.3) is 0 Å². The van der Waals surface area contributed by atoms with E-state index in [0.717, 1.165) is 0 Å². The Hall–Kier alpha value is -4.45. The van der Waals surface area contributed by atoms with Gasteiger partial charge in [-0.3, -0.25) is 14.4 Å². The van der Waals surface area contributed by atoms with Gasteiger partial charge in [-0.1, -0.05) is 17.8 Å². The Balaban J connectivity index is 1.31. The first-order valence-electron chi connectivity index (χ1n) is 9.99. The predicted molar refractivity (Wildman–Crippen MR) is 126 cm³/mol. The molecule has 4 rings (SSSR count). The highest BCUT2D eigenvalue weighted by atomic mass is 32.2. The van der Waals surface area contributed by atoms with E-state index in [4.69, 9.17) is 4.42 Å². The first-order chi connectivity index (χ1) is 16.5. The Kier molecular flexibility index (Phi) is 6.98. The van der Waals surface area contributed by atoms with Gasteiger partial charge < -0.3 is 20.4 Å². The topological polar surface area (TPSA) is 144 Å². The highest BCUT2D eigenvalue weighted by Gasteiger charge is 2.12. The van der Waals surface area contributed by atoms with E-state index < -0.39 is 5.91 Å². The molecule has 12 heteroatoms. The SMILES string of the molecule is Cn1nnnc1SCC(=O)Nc1ccc(C(=O)Nc2cccc(NC(=O)c3ccco3)c2)cc1. The van der Waals surface area contributed by atoms with Gasteiger partial charge in [0.2, 0.25) is 11.1 Å². The second kappa shape index (κ2) is 10.4. The molecule has 172 valence electrons. The number of carbonyl (C=O) groups is 3. The number of carbonyl (C=O) groups excluding carboxylic acids is 3. The van der Waals surface area contributed by atoms with Crippen LogP contribution < -0.4 is 16.0 Å². The minimum atomic E-state index is -0.391. The van der Waals surface area contributed by atoms with Crippen LogP contribution in [0.4, 0.5) is 17.1 Å². The summed E-state index contributed by atoms with van der Waals surface area (Å²) in [6, 6.07) is 16.4. The van der Waals surface area contributed by atoms with Gasteiger partial charge >= 0.3 is 0 Å². The Morgan fingerprint density at radius 2 is 1.65 bits per heavy atom. The fourth-order valence-corrected chi connectivity index (χ4v) is 3.50. The number of aryl methyl sites for hydroxylation is 1.